The summed E-state index contributed by atoms with van der Waals surface area (Å²) in [7, 11) is 0. The first kappa shape index (κ1) is 11.2. The minimum Gasteiger partial charge on any atom is -0.502 e. The maximum atomic E-state index is 10.2. The smallest absolute Gasteiger partial charge is 0.370 e. The van der Waals surface area contributed by atoms with Crippen LogP contribution in [-0.2, 0) is 4.79 Å². The Morgan fingerprint density at radius 3 is 2.15 bits per heavy atom. The molecule has 13 heavy (non-hydrogen) atoms. The number of aliphatic hydroxyl groups is 1. The van der Waals surface area contributed by atoms with Crippen LogP contribution in [0.1, 0.15) is 13.0 Å². The molecule has 0 fully saturated rings. The summed E-state index contributed by atoms with van der Waals surface area (Å²) in [6.07, 6.45) is 1.20. The van der Waals surface area contributed by atoms with Gasteiger partial charge < -0.3 is 10.2 Å². The summed E-state index contributed by atoms with van der Waals surface area (Å²) in [5.41, 5.74) is 0.664. The fourth-order valence-electron chi connectivity index (χ4n) is 0.769. The van der Waals surface area contributed by atoms with Gasteiger partial charge in [-0.05, 0) is 11.6 Å². The zero-order valence-corrected chi connectivity index (χ0v) is 6.27. The molecular formula is C10H12O3. The molecule has 1 rings (SSSR count). The third kappa shape index (κ3) is 3.42. The minimum absolute atomic E-state index is 0. The number of hydrogen-bond acceptors (Lipinski definition) is 2. The first-order valence-electron chi connectivity index (χ1n) is 3.39. The standard InChI is InChI=1S/C9H8O3.CH4/c10-8(9(11)12)6-7-4-2-1-3-5-7;/h1-6,10H,(H,11,12);1H4. The molecule has 70 valence electrons. The lowest BCUT2D eigenvalue weighted by Crippen LogP contribution is -1.98. The zero-order valence-electron chi connectivity index (χ0n) is 6.27. The van der Waals surface area contributed by atoms with E-state index in [2.05, 4.69) is 0 Å². The highest BCUT2D eigenvalue weighted by Gasteiger charge is 2.01. The molecule has 0 aliphatic heterocycles. The van der Waals surface area contributed by atoms with Crippen LogP contribution in [-0.4, -0.2) is 16.2 Å². The van der Waals surface area contributed by atoms with Gasteiger partial charge in [-0.1, -0.05) is 37.8 Å². The molecule has 0 bridgehead atoms. The Morgan fingerprint density at radius 2 is 1.69 bits per heavy atom. The average Bonchev–Trinajstić information content (AvgIpc) is 2.06. The molecule has 3 nitrogen and oxygen atoms in total. The molecule has 1 aromatic carbocycles. The lowest BCUT2D eigenvalue weighted by atomic mass is 10.2. The summed E-state index contributed by atoms with van der Waals surface area (Å²) in [6.45, 7) is 0. The number of aliphatic hydroxyl groups excluding tert-OH is 1. The number of rotatable bonds is 2. The molecule has 0 heterocycles. The van der Waals surface area contributed by atoms with Crippen LogP contribution in [0.2, 0.25) is 0 Å². The molecule has 0 amide bonds. The van der Waals surface area contributed by atoms with Crippen LogP contribution in [0.5, 0.6) is 0 Å². The summed E-state index contributed by atoms with van der Waals surface area (Å²) < 4.78 is 0. The molecule has 0 aliphatic carbocycles. The van der Waals surface area contributed by atoms with E-state index in [0.29, 0.717) is 5.56 Å². The third-order valence-electron chi connectivity index (χ3n) is 1.32. The topological polar surface area (TPSA) is 57.5 Å². The van der Waals surface area contributed by atoms with Crippen molar-refractivity contribution in [2.75, 3.05) is 0 Å². The second-order valence-electron chi connectivity index (χ2n) is 2.25. The number of benzene rings is 1. The van der Waals surface area contributed by atoms with Gasteiger partial charge >= 0.3 is 5.97 Å². The first-order chi connectivity index (χ1) is 5.70. The predicted molar refractivity (Wildman–Crippen MR) is 51.4 cm³/mol. The van der Waals surface area contributed by atoms with Crippen LogP contribution in [0, 0.1) is 0 Å². The Labute approximate surface area is 77.0 Å². The number of aliphatic carboxylic acids is 1. The summed E-state index contributed by atoms with van der Waals surface area (Å²) in [6, 6.07) is 8.76. The van der Waals surface area contributed by atoms with E-state index in [1.807, 2.05) is 6.07 Å². The summed E-state index contributed by atoms with van der Waals surface area (Å²) in [5, 5.41) is 17.2. The van der Waals surface area contributed by atoms with E-state index in [1.54, 1.807) is 24.3 Å². The number of carbonyl (C=O) groups is 1. The summed E-state index contributed by atoms with van der Waals surface area (Å²) in [4.78, 5) is 10.2. The van der Waals surface area contributed by atoms with Gasteiger partial charge in [0.05, 0.1) is 0 Å². The van der Waals surface area contributed by atoms with E-state index in [-0.39, 0.29) is 7.43 Å². The lowest BCUT2D eigenvalue weighted by molar-refractivity contribution is -0.135. The molecule has 0 radical (unpaired) electrons. The van der Waals surface area contributed by atoms with Gasteiger partial charge in [0.1, 0.15) is 0 Å². The Hall–Kier alpha value is -1.77. The van der Waals surface area contributed by atoms with Gasteiger partial charge in [0, 0.05) is 0 Å². The van der Waals surface area contributed by atoms with Crippen molar-refractivity contribution in [1.29, 1.82) is 0 Å². The molecule has 0 aromatic heterocycles. The van der Waals surface area contributed by atoms with Gasteiger partial charge in [-0.15, -0.1) is 0 Å². The van der Waals surface area contributed by atoms with E-state index in [9.17, 15) is 4.79 Å². The molecule has 0 saturated carbocycles. The Balaban J connectivity index is 0.00000144. The largest absolute Gasteiger partial charge is 0.502 e. The average molecular weight is 180 g/mol. The fraction of sp³-hybridized carbons (Fsp3) is 0.100. The highest BCUT2D eigenvalue weighted by Crippen LogP contribution is 2.03. The molecule has 0 unspecified atom stereocenters. The zero-order chi connectivity index (χ0) is 8.97. The van der Waals surface area contributed by atoms with E-state index in [1.165, 1.54) is 6.08 Å². The molecule has 3 heteroatoms. The maximum absolute atomic E-state index is 10.2. The highest BCUT2D eigenvalue weighted by molar-refractivity contribution is 5.89. The molecular weight excluding hydrogens is 168 g/mol. The second kappa shape index (κ2) is 4.98. The Bertz CT molecular complexity index is 301. The van der Waals surface area contributed by atoms with Crippen LogP contribution in [0.3, 0.4) is 0 Å². The van der Waals surface area contributed by atoms with Crippen molar-refractivity contribution in [2.24, 2.45) is 0 Å². The molecule has 0 aliphatic rings. The van der Waals surface area contributed by atoms with Crippen LogP contribution in [0.25, 0.3) is 6.08 Å². The Morgan fingerprint density at radius 1 is 1.15 bits per heavy atom. The van der Waals surface area contributed by atoms with Gasteiger partial charge in [0.2, 0.25) is 5.76 Å². The van der Waals surface area contributed by atoms with Crippen molar-refractivity contribution >= 4 is 12.0 Å². The normalized spacial score (nSPS) is 10.3. The van der Waals surface area contributed by atoms with Crippen molar-refractivity contribution in [1.82, 2.24) is 0 Å². The third-order valence-corrected chi connectivity index (χ3v) is 1.32. The van der Waals surface area contributed by atoms with Crippen molar-refractivity contribution in [3.05, 3.63) is 41.7 Å². The van der Waals surface area contributed by atoms with Crippen LogP contribution in [0.15, 0.2) is 36.1 Å². The molecule has 1 aromatic rings. The maximum Gasteiger partial charge on any atom is 0.370 e. The number of hydrogen-bond donors (Lipinski definition) is 2. The predicted octanol–water partition coefficient (Wildman–Crippen LogP) is 2.31. The SMILES string of the molecule is C.O=C(O)C(O)=Cc1ccccc1. The van der Waals surface area contributed by atoms with Crippen molar-refractivity contribution in [3.8, 4) is 0 Å². The van der Waals surface area contributed by atoms with Crippen LogP contribution in [0.4, 0.5) is 0 Å². The molecule has 0 spiro atoms. The highest BCUT2D eigenvalue weighted by atomic mass is 16.4. The second-order valence-corrected chi connectivity index (χ2v) is 2.25. The Kier molecular flexibility index (Phi) is 4.30. The van der Waals surface area contributed by atoms with E-state index >= 15 is 0 Å². The number of carboxylic acid groups (broad SMARTS) is 1. The van der Waals surface area contributed by atoms with Crippen molar-refractivity contribution < 1.29 is 15.0 Å². The first-order valence-corrected chi connectivity index (χ1v) is 3.39. The van der Waals surface area contributed by atoms with Gasteiger partial charge in [-0.3, -0.25) is 0 Å². The van der Waals surface area contributed by atoms with Gasteiger partial charge in [0.15, 0.2) is 0 Å². The quantitative estimate of drug-likeness (QED) is 0.542. The minimum atomic E-state index is -1.32. The molecule has 0 atom stereocenters. The van der Waals surface area contributed by atoms with E-state index < -0.39 is 11.7 Å². The fourth-order valence-corrected chi connectivity index (χ4v) is 0.769. The van der Waals surface area contributed by atoms with E-state index in [0.717, 1.165) is 0 Å². The van der Waals surface area contributed by atoms with Crippen molar-refractivity contribution in [3.63, 3.8) is 0 Å². The van der Waals surface area contributed by atoms with Gasteiger partial charge in [-0.25, -0.2) is 4.79 Å². The van der Waals surface area contributed by atoms with Gasteiger partial charge in [-0.2, -0.15) is 0 Å². The molecule has 2 N–H and O–H groups in total. The van der Waals surface area contributed by atoms with Crippen LogP contribution < -0.4 is 0 Å². The van der Waals surface area contributed by atoms with E-state index in [4.69, 9.17) is 10.2 Å². The number of carboxylic acids is 1. The monoisotopic (exact) mass is 180 g/mol. The summed E-state index contributed by atoms with van der Waals surface area (Å²) in [5.74, 6) is -1.97. The summed E-state index contributed by atoms with van der Waals surface area (Å²) >= 11 is 0. The molecule has 0 saturated heterocycles. The van der Waals surface area contributed by atoms with Gasteiger partial charge in [0.25, 0.3) is 0 Å². The van der Waals surface area contributed by atoms with Crippen molar-refractivity contribution in [2.45, 2.75) is 7.43 Å². The van der Waals surface area contributed by atoms with Crippen LogP contribution >= 0.6 is 0 Å². The lowest BCUT2D eigenvalue weighted by Gasteiger charge is -1.92.